The smallest absolute Gasteiger partial charge is 0.275 e. The van der Waals surface area contributed by atoms with Gasteiger partial charge in [0.2, 0.25) is 0 Å². The summed E-state index contributed by atoms with van der Waals surface area (Å²) in [6.45, 7) is 0. The molecule has 0 aliphatic heterocycles. The lowest BCUT2D eigenvalue weighted by Gasteiger charge is -2.12. The number of aromatic nitrogens is 2. The molecule has 0 unspecified atom stereocenters. The maximum atomic E-state index is 12.2. The van der Waals surface area contributed by atoms with Crippen LogP contribution in [-0.4, -0.2) is 29.6 Å². The molecule has 0 bridgehead atoms. The molecule has 0 atom stereocenters. The van der Waals surface area contributed by atoms with E-state index in [-0.39, 0.29) is 5.91 Å². The zero-order valence-electron chi connectivity index (χ0n) is 12.4. The van der Waals surface area contributed by atoms with E-state index in [0.717, 1.165) is 16.5 Å². The summed E-state index contributed by atoms with van der Waals surface area (Å²) in [5.41, 5.74) is 2.26. The summed E-state index contributed by atoms with van der Waals surface area (Å²) in [5, 5.41) is 5.40. The Hall–Kier alpha value is -2.60. The number of carbonyl (C=O) groups is 1. The molecule has 112 valence electrons. The average Bonchev–Trinajstić information content (AvgIpc) is 3.19. The molecule has 2 heterocycles. The summed E-state index contributed by atoms with van der Waals surface area (Å²) >= 11 is 1.44. The zero-order chi connectivity index (χ0) is 15.5. The monoisotopic (exact) mass is 312 g/mol. The number of nitrogens with one attached hydrogen (secondary N) is 1. The fourth-order valence-electron chi connectivity index (χ4n) is 1.99. The first kappa shape index (κ1) is 14.3. The Bertz CT molecular complexity index is 760. The van der Waals surface area contributed by atoms with Gasteiger partial charge in [0, 0.05) is 43.2 Å². The van der Waals surface area contributed by atoms with E-state index >= 15 is 0 Å². The number of carbonyl (C=O) groups excluding carboxylic acids is 1. The number of hydrogen-bond donors (Lipinski definition) is 1. The van der Waals surface area contributed by atoms with Crippen LogP contribution in [0, 0.1) is 0 Å². The van der Waals surface area contributed by atoms with Crippen LogP contribution in [0.4, 0.5) is 11.4 Å². The molecule has 1 amide bonds. The Morgan fingerprint density at radius 2 is 1.86 bits per heavy atom. The molecule has 6 heteroatoms. The highest BCUT2D eigenvalue weighted by Crippen LogP contribution is 2.18. The van der Waals surface area contributed by atoms with Crippen molar-refractivity contribution >= 4 is 28.6 Å². The minimum Gasteiger partial charge on any atom is -0.378 e. The minimum atomic E-state index is -0.202. The topological polar surface area (TPSA) is 50.2 Å². The second-order valence-corrected chi connectivity index (χ2v) is 5.84. The van der Waals surface area contributed by atoms with Gasteiger partial charge in [-0.05, 0) is 36.4 Å². The highest BCUT2D eigenvalue weighted by molar-refractivity contribution is 7.12. The van der Waals surface area contributed by atoms with Crippen molar-refractivity contribution in [3.63, 3.8) is 0 Å². The van der Waals surface area contributed by atoms with E-state index in [9.17, 15) is 4.79 Å². The van der Waals surface area contributed by atoms with Crippen LogP contribution in [0.25, 0.3) is 5.13 Å². The van der Waals surface area contributed by atoms with Crippen LogP contribution in [-0.2, 0) is 0 Å². The van der Waals surface area contributed by atoms with Crippen LogP contribution in [0.5, 0.6) is 0 Å². The number of thiazole rings is 1. The van der Waals surface area contributed by atoms with Gasteiger partial charge in [-0.2, -0.15) is 0 Å². The Morgan fingerprint density at radius 1 is 1.18 bits per heavy atom. The Kier molecular flexibility index (Phi) is 3.93. The van der Waals surface area contributed by atoms with Crippen molar-refractivity contribution in [1.29, 1.82) is 0 Å². The first-order chi connectivity index (χ1) is 10.6. The Morgan fingerprint density at radius 3 is 2.50 bits per heavy atom. The summed E-state index contributed by atoms with van der Waals surface area (Å²) in [4.78, 5) is 18.6. The van der Waals surface area contributed by atoms with Crippen molar-refractivity contribution in [2.75, 3.05) is 24.3 Å². The maximum Gasteiger partial charge on any atom is 0.275 e. The number of nitrogens with zero attached hydrogens (tertiary/aromatic N) is 3. The van der Waals surface area contributed by atoms with E-state index < -0.39 is 0 Å². The van der Waals surface area contributed by atoms with Crippen molar-refractivity contribution in [2.24, 2.45) is 0 Å². The van der Waals surface area contributed by atoms with Crippen molar-refractivity contribution in [3.8, 4) is 5.13 Å². The molecule has 3 rings (SSSR count). The third kappa shape index (κ3) is 3.01. The maximum absolute atomic E-state index is 12.2. The molecule has 0 radical (unpaired) electrons. The van der Waals surface area contributed by atoms with Gasteiger partial charge in [-0.1, -0.05) is 0 Å². The first-order valence-electron chi connectivity index (χ1n) is 6.81. The molecule has 0 saturated carbocycles. The predicted octanol–water partition coefficient (Wildman–Crippen LogP) is 3.25. The van der Waals surface area contributed by atoms with Gasteiger partial charge >= 0.3 is 0 Å². The average molecular weight is 312 g/mol. The highest BCUT2D eigenvalue weighted by atomic mass is 32.1. The molecule has 22 heavy (non-hydrogen) atoms. The number of amides is 1. The van der Waals surface area contributed by atoms with E-state index in [0.29, 0.717) is 5.69 Å². The third-order valence-electron chi connectivity index (χ3n) is 3.19. The van der Waals surface area contributed by atoms with Crippen LogP contribution in [0.2, 0.25) is 0 Å². The second-order valence-electron chi connectivity index (χ2n) is 5.00. The van der Waals surface area contributed by atoms with Crippen molar-refractivity contribution < 1.29 is 4.79 Å². The molecule has 2 aromatic heterocycles. The Balaban J connectivity index is 1.72. The fraction of sp³-hybridized carbons (Fsp3) is 0.125. The van der Waals surface area contributed by atoms with Crippen LogP contribution >= 0.6 is 11.3 Å². The second kappa shape index (κ2) is 6.03. The summed E-state index contributed by atoms with van der Waals surface area (Å²) in [5.74, 6) is -0.202. The molecule has 5 nitrogen and oxygen atoms in total. The van der Waals surface area contributed by atoms with Crippen LogP contribution < -0.4 is 10.2 Å². The first-order valence-corrected chi connectivity index (χ1v) is 7.69. The molecular formula is C16H16N4OS. The summed E-state index contributed by atoms with van der Waals surface area (Å²) in [6.07, 6.45) is 3.81. The van der Waals surface area contributed by atoms with Gasteiger partial charge in [0.15, 0.2) is 5.13 Å². The quantitative estimate of drug-likeness (QED) is 0.804. The van der Waals surface area contributed by atoms with Gasteiger partial charge in [0.1, 0.15) is 5.69 Å². The highest BCUT2D eigenvalue weighted by Gasteiger charge is 2.11. The van der Waals surface area contributed by atoms with E-state index in [2.05, 4.69) is 10.3 Å². The normalized spacial score (nSPS) is 10.5. The predicted molar refractivity (Wildman–Crippen MR) is 90.2 cm³/mol. The third-order valence-corrected chi connectivity index (χ3v) is 4.05. The lowest BCUT2D eigenvalue weighted by atomic mass is 10.2. The molecule has 0 saturated heterocycles. The van der Waals surface area contributed by atoms with Crippen molar-refractivity contribution in [1.82, 2.24) is 9.55 Å². The van der Waals surface area contributed by atoms with Crippen LogP contribution in [0.15, 0.2) is 54.2 Å². The molecule has 0 aliphatic carbocycles. The van der Waals surface area contributed by atoms with Gasteiger partial charge in [-0.3, -0.25) is 4.79 Å². The number of rotatable bonds is 4. The fourth-order valence-corrected chi connectivity index (χ4v) is 2.76. The van der Waals surface area contributed by atoms with Crippen molar-refractivity contribution in [3.05, 3.63) is 59.9 Å². The van der Waals surface area contributed by atoms with Gasteiger partial charge in [-0.25, -0.2) is 4.98 Å². The van der Waals surface area contributed by atoms with E-state index in [1.165, 1.54) is 11.3 Å². The number of anilines is 2. The lowest BCUT2D eigenvalue weighted by Crippen LogP contribution is -2.13. The number of hydrogen-bond acceptors (Lipinski definition) is 4. The van der Waals surface area contributed by atoms with Crippen LogP contribution in [0.1, 0.15) is 10.5 Å². The zero-order valence-corrected chi connectivity index (χ0v) is 13.2. The largest absolute Gasteiger partial charge is 0.378 e. The molecule has 3 aromatic rings. The molecular weight excluding hydrogens is 296 g/mol. The van der Waals surface area contributed by atoms with E-state index in [1.54, 1.807) is 5.38 Å². The van der Waals surface area contributed by atoms with Gasteiger partial charge in [-0.15, -0.1) is 11.3 Å². The van der Waals surface area contributed by atoms with E-state index in [4.69, 9.17) is 0 Å². The Labute approximate surface area is 132 Å². The van der Waals surface area contributed by atoms with Gasteiger partial charge in [0.25, 0.3) is 5.91 Å². The summed E-state index contributed by atoms with van der Waals surface area (Å²) in [6, 6.07) is 11.5. The molecule has 0 aliphatic rings. The number of benzene rings is 1. The lowest BCUT2D eigenvalue weighted by molar-refractivity contribution is 0.102. The standard InChI is InChI=1S/C16H16N4OS/c1-19(2)13-7-5-12(6-8-13)17-15(21)14-11-22-16(18-14)20-9-3-4-10-20/h3-11H,1-2H3,(H,17,21). The van der Waals surface area contributed by atoms with Gasteiger partial charge < -0.3 is 14.8 Å². The minimum absolute atomic E-state index is 0.202. The molecule has 1 N–H and O–H groups in total. The van der Waals surface area contributed by atoms with Crippen molar-refractivity contribution in [2.45, 2.75) is 0 Å². The van der Waals surface area contributed by atoms with Crippen LogP contribution in [0.3, 0.4) is 0 Å². The van der Waals surface area contributed by atoms with E-state index in [1.807, 2.05) is 72.4 Å². The molecule has 0 fully saturated rings. The van der Waals surface area contributed by atoms with Gasteiger partial charge in [0.05, 0.1) is 0 Å². The summed E-state index contributed by atoms with van der Waals surface area (Å²) in [7, 11) is 3.96. The molecule has 0 spiro atoms. The SMILES string of the molecule is CN(C)c1ccc(NC(=O)c2csc(-n3cccc3)n2)cc1. The molecule has 1 aromatic carbocycles. The summed E-state index contributed by atoms with van der Waals surface area (Å²) < 4.78 is 1.88.